The van der Waals surface area contributed by atoms with Crippen molar-refractivity contribution in [2.45, 2.75) is 130 Å². The second-order valence-corrected chi connectivity index (χ2v) is 12.8. The largest absolute Gasteiger partial charge is 0.460 e. The van der Waals surface area contributed by atoms with Crippen molar-refractivity contribution in [3.05, 3.63) is 0 Å². The van der Waals surface area contributed by atoms with Crippen molar-refractivity contribution in [2.75, 3.05) is 20.2 Å². The van der Waals surface area contributed by atoms with E-state index in [0.717, 1.165) is 19.3 Å². The average molecular weight is 656 g/mol. The number of nitrogens with zero attached hydrogens (tertiary/aromatic N) is 1. The molecular formula is C32H57N5O9. The molecule has 0 aromatic heterocycles. The summed E-state index contributed by atoms with van der Waals surface area (Å²) in [6.45, 7) is 10.9. The molecule has 14 heteroatoms. The number of likely N-dealkylation sites (N-methyl/N-ethyl adjacent to an activating group) is 1. The second-order valence-electron chi connectivity index (χ2n) is 12.8. The van der Waals surface area contributed by atoms with Crippen LogP contribution in [0.3, 0.4) is 0 Å². The van der Waals surface area contributed by atoms with Gasteiger partial charge >= 0.3 is 5.97 Å². The Balaban J connectivity index is 3.62. The van der Waals surface area contributed by atoms with Crippen LogP contribution in [-0.4, -0.2) is 107 Å². The highest BCUT2D eigenvalue weighted by molar-refractivity contribution is 5.96. The van der Waals surface area contributed by atoms with Gasteiger partial charge in [0.25, 0.3) is 0 Å². The SMILES string of the molecule is CCCCCC[C@H]1OC(=O)CNC(=O)[C@@H]([C@@H](C)O)NC(=O)[C@@H](CO)NC(=O)[C@H]([C@H](C)CC)NC(=O)[C@H](CC(C)C)N(C)C(=O)[C@@H]1C. The van der Waals surface area contributed by atoms with E-state index in [2.05, 4.69) is 28.2 Å². The Morgan fingerprint density at radius 3 is 2.04 bits per heavy atom. The van der Waals surface area contributed by atoms with E-state index in [-0.39, 0.29) is 12.3 Å². The van der Waals surface area contributed by atoms with Crippen molar-refractivity contribution in [2.24, 2.45) is 17.8 Å². The minimum absolute atomic E-state index is 0.00519. The van der Waals surface area contributed by atoms with Crippen molar-refractivity contribution < 1.29 is 43.7 Å². The van der Waals surface area contributed by atoms with Crippen LogP contribution in [0.1, 0.15) is 93.4 Å². The van der Waals surface area contributed by atoms with Gasteiger partial charge in [0.2, 0.25) is 29.5 Å². The summed E-state index contributed by atoms with van der Waals surface area (Å²) in [4.78, 5) is 81.3. The maximum absolute atomic E-state index is 13.9. The number of unbranched alkanes of at least 4 members (excludes halogenated alkanes) is 3. The molecule has 1 rings (SSSR count). The molecule has 1 saturated heterocycles. The normalized spacial score (nSPS) is 27.8. The molecule has 0 bridgehead atoms. The van der Waals surface area contributed by atoms with Gasteiger partial charge in [0.15, 0.2) is 0 Å². The molecule has 0 saturated carbocycles. The Bertz CT molecular complexity index is 1040. The lowest BCUT2D eigenvalue weighted by Gasteiger charge is -2.34. The average Bonchev–Trinajstić information content (AvgIpc) is 3.01. The third-order valence-corrected chi connectivity index (χ3v) is 8.46. The number of nitrogens with one attached hydrogen (secondary N) is 4. The van der Waals surface area contributed by atoms with Gasteiger partial charge in [-0.05, 0) is 38.0 Å². The van der Waals surface area contributed by atoms with Crippen molar-refractivity contribution in [1.82, 2.24) is 26.2 Å². The maximum atomic E-state index is 13.9. The molecule has 0 spiro atoms. The van der Waals surface area contributed by atoms with Gasteiger partial charge in [-0.15, -0.1) is 0 Å². The first-order valence-corrected chi connectivity index (χ1v) is 16.5. The van der Waals surface area contributed by atoms with E-state index in [0.29, 0.717) is 19.3 Å². The summed E-state index contributed by atoms with van der Waals surface area (Å²) in [7, 11) is 1.50. The molecule has 1 fully saturated rings. The van der Waals surface area contributed by atoms with Gasteiger partial charge < -0.3 is 41.1 Å². The lowest BCUT2D eigenvalue weighted by atomic mass is 9.94. The first-order chi connectivity index (χ1) is 21.6. The number of carbonyl (C=O) groups excluding carboxylic acids is 6. The third kappa shape index (κ3) is 12.5. The van der Waals surface area contributed by atoms with Crippen LogP contribution >= 0.6 is 0 Å². The fourth-order valence-electron chi connectivity index (χ4n) is 5.25. The third-order valence-electron chi connectivity index (χ3n) is 8.46. The predicted octanol–water partition coefficient (Wildman–Crippen LogP) is 0.381. The summed E-state index contributed by atoms with van der Waals surface area (Å²) in [5.41, 5.74) is 0. The van der Waals surface area contributed by atoms with Gasteiger partial charge in [0.1, 0.15) is 36.8 Å². The Kier molecular flexibility index (Phi) is 17.8. The summed E-state index contributed by atoms with van der Waals surface area (Å²) in [5.74, 6) is -5.66. The number of rotatable bonds is 11. The van der Waals surface area contributed by atoms with Crippen LogP contribution in [0.25, 0.3) is 0 Å². The smallest absolute Gasteiger partial charge is 0.325 e. The molecule has 46 heavy (non-hydrogen) atoms. The van der Waals surface area contributed by atoms with E-state index in [9.17, 15) is 39.0 Å². The molecule has 1 heterocycles. The van der Waals surface area contributed by atoms with Gasteiger partial charge in [0.05, 0.1) is 18.6 Å². The molecule has 1 aliphatic rings. The standard InChI is InChI=1S/C32H57N5O9/c1-9-11-12-13-14-24-20(6)32(45)37(8)23(15-18(3)4)29(42)35-26(19(5)10-2)31(44)34-22(17-38)28(41)36-27(21(7)39)30(43)33-16-25(40)46-24/h18-24,26-27,38-39H,9-17H2,1-8H3,(H,33,43)(H,34,44)(H,35,42)(H,36,41)/t19-,20-,21-,22-,23+,24-,26+,27-/m1/s1. The van der Waals surface area contributed by atoms with Crippen molar-refractivity contribution >= 4 is 35.5 Å². The van der Waals surface area contributed by atoms with Crippen molar-refractivity contribution in [3.63, 3.8) is 0 Å². The summed E-state index contributed by atoms with van der Waals surface area (Å²) >= 11 is 0. The molecule has 14 nitrogen and oxygen atoms in total. The molecule has 8 atom stereocenters. The number of aliphatic hydroxyl groups excluding tert-OH is 2. The molecule has 264 valence electrons. The van der Waals surface area contributed by atoms with Crippen LogP contribution in [0, 0.1) is 17.8 Å². The Morgan fingerprint density at radius 1 is 0.870 bits per heavy atom. The first kappa shape index (κ1) is 40.8. The van der Waals surface area contributed by atoms with E-state index in [4.69, 9.17) is 4.74 Å². The quantitative estimate of drug-likeness (QED) is 0.134. The lowest BCUT2D eigenvalue weighted by Crippen LogP contribution is -2.61. The second kappa shape index (κ2) is 20.1. The number of cyclic esters (lactones) is 1. The number of hydrogen-bond acceptors (Lipinski definition) is 9. The molecule has 0 aromatic carbocycles. The zero-order valence-corrected chi connectivity index (χ0v) is 28.8. The van der Waals surface area contributed by atoms with Gasteiger partial charge in [-0.1, -0.05) is 67.2 Å². The van der Waals surface area contributed by atoms with Gasteiger partial charge in [-0.3, -0.25) is 28.8 Å². The van der Waals surface area contributed by atoms with Crippen LogP contribution < -0.4 is 21.3 Å². The highest BCUT2D eigenvalue weighted by Crippen LogP contribution is 2.22. The summed E-state index contributed by atoms with van der Waals surface area (Å²) in [6.07, 6.45) is 2.37. The van der Waals surface area contributed by atoms with E-state index < -0.39 is 96.9 Å². The van der Waals surface area contributed by atoms with E-state index in [1.54, 1.807) is 13.8 Å². The Hall–Kier alpha value is -3.26. The van der Waals surface area contributed by atoms with Crippen LogP contribution in [0.2, 0.25) is 0 Å². The minimum Gasteiger partial charge on any atom is -0.460 e. The molecule has 1 aliphatic heterocycles. The fraction of sp³-hybridized carbons (Fsp3) is 0.812. The summed E-state index contributed by atoms with van der Waals surface area (Å²) in [5, 5.41) is 30.0. The topological polar surface area (TPSA) is 203 Å². The van der Waals surface area contributed by atoms with Gasteiger partial charge in [0, 0.05) is 7.05 Å². The van der Waals surface area contributed by atoms with Crippen LogP contribution in [0.15, 0.2) is 0 Å². The van der Waals surface area contributed by atoms with Gasteiger partial charge in [-0.25, -0.2) is 0 Å². The Labute approximate surface area is 273 Å². The van der Waals surface area contributed by atoms with E-state index >= 15 is 0 Å². The number of amides is 5. The minimum atomic E-state index is -1.53. The molecule has 0 unspecified atom stereocenters. The first-order valence-electron chi connectivity index (χ1n) is 16.5. The zero-order valence-electron chi connectivity index (χ0n) is 28.8. The van der Waals surface area contributed by atoms with E-state index in [1.165, 1.54) is 18.9 Å². The highest BCUT2D eigenvalue weighted by atomic mass is 16.5. The van der Waals surface area contributed by atoms with Crippen LogP contribution in [0.5, 0.6) is 0 Å². The maximum Gasteiger partial charge on any atom is 0.325 e. The zero-order chi connectivity index (χ0) is 35.1. The Morgan fingerprint density at radius 2 is 1.50 bits per heavy atom. The molecule has 0 aliphatic carbocycles. The number of esters is 1. The molecule has 5 amide bonds. The van der Waals surface area contributed by atoms with E-state index in [1.807, 2.05) is 20.8 Å². The van der Waals surface area contributed by atoms with Crippen LogP contribution in [0.4, 0.5) is 0 Å². The van der Waals surface area contributed by atoms with Crippen LogP contribution in [-0.2, 0) is 33.5 Å². The molecule has 0 radical (unpaired) electrons. The molecule has 6 N–H and O–H groups in total. The lowest BCUT2D eigenvalue weighted by molar-refractivity contribution is -0.157. The summed E-state index contributed by atoms with van der Waals surface area (Å²) in [6, 6.07) is -5.15. The highest BCUT2D eigenvalue weighted by Gasteiger charge is 2.38. The number of aliphatic hydroxyl groups is 2. The number of ether oxygens (including phenoxy) is 1. The number of hydrogen-bond donors (Lipinski definition) is 6. The molecule has 0 aromatic rings. The molecular weight excluding hydrogens is 598 g/mol. The van der Waals surface area contributed by atoms with Gasteiger partial charge in [-0.2, -0.15) is 0 Å². The monoisotopic (exact) mass is 655 g/mol. The summed E-state index contributed by atoms with van der Waals surface area (Å²) < 4.78 is 5.71. The number of carbonyl (C=O) groups is 6. The fourth-order valence-corrected chi connectivity index (χ4v) is 5.25. The predicted molar refractivity (Wildman–Crippen MR) is 171 cm³/mol. The van der Waals surface area contributed by atoms with Crippen molar-refractivity contribution in [1.29, 1.82) is 0 Å². The van der Waals surface area contributed by atoms with Crippen molar-refractivity contribution in [3.8, 4) is 0 Å².